The van der Waals surface area contributed by atoms with Crippen molar-refractivity contribution in [3.63, 3.8) is 0 Å². The number of benzene rings is 1. The smallest absolute Gasteiger partial charge is 0.0888 e. The summed E-state index contributed by atoms with van der Waals surface area (Å²) in [5.74, 6) is 0. The Balaban J connectivity index is 1.43. The molecule has 2 heterocycles. The summed E-state index contributed by atoms with van der Waals surface area (Å²) in [4.78, 5) is 11.1. The van der Waals surface area contributed by atoms with Gasteiger partial charge < -0.3 is 4.74 Å². The lowest BCUT2D eigenvalue weighted by Crippen LogP contribution is -2.23. The average Bonchev–Trinajstić information content (AvgIpc) is 2.59. The molecule has 1 aromatic carbocycles. The molecule has 3 aromatic rings. The van der Waals surface area contributed by atoms with Crippen LogP contribution >= 0.6 is 0 Å². The van der Waals surface area contributed by atoms with Crippen molar-refractivity contribution in [2.45, 2.75) is 13.2 Å². The van der Waals surface area contributed by atoms with Gasteiger partial charge in [-0.2, -0.15) is 0 Å². The zero-order valence-electron chi connectivity index (χ0n) is 13.4. The van der Waals surface area contributed by atoms with Gasteiger partial charge >= 0.3 is 0 Å². The van der Waals surface area contributed by atoms with Crippen LogP contribution in [0.15, 0.2) is 60.8 Å². The van der Waals surface area contributed by atoms with E-state index in [1.807, 2.05) is 48.7 Å². The third kappa shape index (κ3) is 4.58. The van der Waals surface area contributed by atoms with Crippen LogP contribution in [0.4, 0.5) is 0 Å². The maximum Gasteiger partial charge on any atom is 0.0888 e. The fourth-order valence-electron chi connectivity index (χ4n) is 2.43. The summed E-state index contributed by atoms with van der Waals surface area (Å²) in [5.41, 5.74) is 3.06. The maximum atomic E-state index is 5.75. The molecular formula is C19H21N3O. The molecule has 0 unspecified atom stereocenters. The lowest BCUT2D eigenvalue weighted by molar-refractivity contribution is 0.0958. The fourth-order valence-corrected chi connectivity index (χ4v) is 2.43. The summed E-state index contributed by atoms with van der Waals surface area (Å²) in [6.45, 7) is 2.92. The molecule has 0 radical (unpaired) electrons. The van der Waals surface area contributed by atoms with Crippen LogP contribution in [0.5, 0.6) is 0 Å². The number of nitrogens with zero attached hydrogens (tertiary/aromatic N) is 3. The van der Waals surface area contributed by atoms with Crippen molar-refractivity contribution in [1.29, 1.82) is 0 Å². The van der Waals surface area contributed by atoms with Gasteiger partial charge in [0, 0.05) is 24.7 Å². The summed E-state index contributed by atoms with van der Waals surface area (Å²) in [6, 6.07) is 18.2. The van der Waals surface area contributed by atoms with Crippen LogP contribution < -0.4 is 0 Å². The van der Waals surface area contributed by atoms with E-state index in [0.29, 0.717) is 13.2 Å². The first-order valence-corrected chi connectivity index (χ1v) is 7.82. The van der Waals surface area contributed by atoms with E-state index < -0.39 is 0 Å². The Hall–Kier alpha value is -2.30. The van der Waals surface area contributed by atoms with Gasteiger partial charge in [0.1, 0.15) is 0 Å². The van der Waals surface area contributed by atoms with E-state index in [-0.39, 0.29) is 0 Å². The Morgan fingerprint density at radius 2 is 1.83 bits per heavy atom. The molecule has 0 aliphatic rings. The predicted molar refractivity (Wildman–Crippen MR) is 92.0 cm³/mol. The monoisotopic (exact) mass is 307 g/mol. The van der Waals surface area contributed by atoms with Crippen LogP contribution in [0.3, 0.4) is 0 Å². The second kappa shape index (κ2) is 7.81. The van der Waals surface area contributed by atoms with Crippen molar-refractivity contribution >= 4 is 10.9 Å². The number of pyridine rings is 2. The van der Waals surface area contributed by atoms with Gasteiger partial charge in [-0.1, -0.05) is 30.3 Å². The van der Waals surface area contributed by atoms with E-state index in [2.05, 4.69) is 34.0 Å². The molecule has 2 aromatic heterocycles. The largest absolute Gasteiger partial charge is 0.374 e. The first kappa shape index (κ1) is 15.6. The molecule has 3 rings (SSSR count). The van der Waals surface area contributed by atoms with Gasteiger partial charge in [-0.25, -0.2) is 0 Å². The lowest BCUT2D eigenvalue weighted by Gasteiger charge is -2.16. The second-order valence-corrected chi connectivity index (χ2v) is 5.61. The number of likely N-dealkylation sites (N-methyl/N-ethyl adjacent to an activating group) is 1. The van der Waals surface area contributed by atoms with E-state index in [0.717, 1.165) is 35.4 Å². The van der Waals surface area contributed by atoms with Gasteiger partial charge in [0.2, 0.25) is 0 Å². The molecule has 0 aliphatic carbocycles. The third-order valence-corrected chi connectivity index (χ3v) is 3.68. The quantitative estimate of drug-likeness (QED) is 0.628. The number of para-hydroxylation sites is 1. The first-order valence-electron chi connectivity index (χ1n) is 7.82. The van der Waals surface area contributed by atoms with Gasteiger partial charge in [-0.3, -0.25) is 14.9 Å². The van der Waals surface area contributed by atoms with Crippen LogP contribution in [-0.4, -0.2) is 35.1 Å². The minimum atomic E-state index is 0.544. The van der Waals surface area contributed by atoms with Crippen LogP contribution in [-0.2, 0) is 17.9 Å². The number of rotatable bonds is 7. The molecule has 0 amide bonds. The molecule has 0 atom stereocenters. The molecule has 118 valence electrons. The lowest BCUT2D eigenvalue weighted by atomic mass is 10.2. The van der Waals surface area contributed by atoms with Crippen molar-refractivity contribution in [3.8, 4) is 0 Å². The summed E-state index contributed by atoms with van der Waals surface area (Å²) in [6.07, 6.45) is 1.82. The summed E-state index contributed by atoms with van der Waals surface area (Å²) in [5, 5.41) is 1.16. The minimum Gasteiger partial charge on any atom is -0.374 e. The third-order valence-electron chi connectivity index (χ3n) is 3.68. The van der Waals surface area contributed by atoms with Gasteiger partial charge in [-0.05, 0) is 31.3 Å². The highest BCUT2D eigenvalue weighted by molar-refractivity contribution is 5.78. The molecule has 0 N–H and O–H groups in total. The van der Waals surface area contributed by atoms with Gasteiger partial charge in [0.25, 0.3) is 0 Å². The Morgan fingerprint density at radius 3 is 2.70 bits per heavy atom. The SMILES string of the molecule is CN(CCOCc1ccc2ccccc2n1)Cc1ccccn1. The van der Waals surface area contributed by atoms with E-state index >= 15 is 0 Å². The summed E-state index contributed by atoms with van der Waals surface area (Å²) >= 11 is 0. The van der Waals surface area contributed by atoms with Gasteiger partial charge in [-0.15, -0.1) is 0 Å². The molecule has 4 nitrogen and oxygen atoms in total. The molecular weight excluding hydrogens is 286 g/mol. The molecule has 0 aliphatic heterocycles. The van der Waals surface area contributed by atoms with E-state index in [1.165, 1.54) is 0 Å². The van der Waals surface area contributed by atoms with E-state index in [4.69, 9.17) is 4.74 Å². The van der Waals surface area contributed by atoms with Crippen molar-refractivity contribution < 1.29 is 4.74 Å². The van der Waals surface area contributed by atoms with Crippen LogP contribution in [0.25, 0.3) is 10.9 Å². The van der Waals surface area contributed by atoms with E-state index in [9.17, 15) is 0 Å². The summed E-state index contributed by atoms with van der Waals surface area (Å²) in [7, 11) is 2.08. The Bertz CT molecular complexity index is 746. The molecule has 0 bridgehead atoms. The second-order valence-electron chi connectivity index (χ2n) is 5.61. The molecule has 0 saturated carbocycles. The highest BCUT2D eigenvalue weighted by atomic mass is 16.5. The first-order chi connectivity index (χ1) is 11.3. The number of fused-ring (bicyclic) bond motifs is 1. The Kier molecular flexibility index (Phi) is 5.29. The standard InChI is InChI=1S/C19H21N3O/c1-22(14-17-7-4-5-11-20-17)12-13-23-15-18-10-9-16-6-2-3-8-19(16)21-18/h2-11H,12-15H2,1H3. The highest BCUT2D eigenvalue weighted by Crippen LogP contribution is 2.12. The number of hydrogen-bond donors (Lipinski definition) is 0. The maximum absolute atomic E-state index is 5.75. The van der Waals surface area contributed by atoms with Crippen LogP contribution in [0.2, 0.25) is 0 Å². The van der Waals surface area contributed by atoms with Crippen molar-refractivity contribution in [2.75, 3.05) is 20.2 Å². The van der Waals surface area contributed by atoms with Crippen molar-refractivity contribution in [2.24, 2.45) is 0 Å². The fraction of sp³-hybridized carbons (Fsp3) is 0.263. The minimum absolute atomic E-state index is 0.544. The normalized spacial score (nSPS) is 11.2. The van der Waals surface area contributed by atoms with Gasteiger partial charge in [0.15, 0.2) is 0 Å². The molecule has 0 spiro atoms. The Labute approximate surface area is 136 Å². The molecule has 0 saturated heterocycles. The van der Waals surface area contributed by atoms with Crippen molar-refractivity contribution in [3.05, 3.63) is 72.2 Å². The molecule has 4 heteroatoms. The zero-order valence-corrected chi connectivity index (χ0v) is 13.4. The number of hydrogen-bond acceptors (Lipinski definition) is 4. The van der Waals surface area contributed by atoms with Crippen molar-refractivity contribution in [1.82, 2.24) is 14.9 Å². The highest BCUT2D eigenvalue weighted by Gasteiger charge is 2.02. The van der Waals surface area contributed by atoms with E-state index in [1.54, 1.807) is 0 Å². The molecule has 23 heavy (non-hydrogen) atoms. The number of aromatic nitrogens is 2. The number of ether oxygens (including phenoxy) is 1. The predicted octanol–water partition coefficient (Wildman–Crippen LogP) is 3.28. The average molecular weight is 307 g/mol. The van der Waals surface area contributed by atoms with Crippen LogP contribution in [0, 0.1) is 0 Å². The summed E-state index contributed by atoms with van der Waals surface area (Å²) < 4.78 is 5.75. The van der Waals surface area contributed by atoms with Gasteiger partial charge in [0.05, 0.1) is 30.1 Å². The Morgan fingerprint density at radius 1 is 0.957 bits per heavy atom. The van der Waals surface area contributed by atoms with Crippen LogP contribution in [0.1, 0.15) is 11.4 Å². The molecule has 0 fully saturated rings. The zero-order chi connectivity index (χ0) is 15.9. The topological polar surface area (TPSA) is 38.2 Å².